The van der Waals surface area contributed by atoms with Crippen molar-refractivity contribution in [3.05, 3.63) is 0 Å². The molecule has 0 saturated carbocycles. The molecule has 0 aromatic rings. The molecule has 2 amide bonds. The highest BCUT2D eigenvalue weighted by Crippen LogP contribution is 2.43. The molecular weight excluding hydrogens is 263 g/mol. The minimum absolute atomic E-state index is 0.134. The summed E-state index contributed by atoms with van der Waals surface area (Å²) in [7, 11) is 0. The smallest absolute Gasteiger partial charge is 0.355 e. The first-order chi connectivity index (χ1) is 8.83. The zero-order valence-corrected chi connectivity index (χ0v) is 10.7. The van der Waals surface area contributed by atoms with Crippen LogP contribution in [-0.2, 0) is 9.59 Å². The summed E-state index contributed by atoms with van der Waals surface area (Å²) in [6, 6.07) is 0. The number of nitrogens with one attached hydrogen (secondary N) is 3. The van der Waals surface area contributed by atoms with Gasteiger partial charge in [0.2, 0.25) is 11.8 Å². The Morgan fingerprint density at radius 1 is 1.32 bits per heavy atom. The Morgan fingerprint density at radius 2 is 2.00 bits per heavy atom. The number of alkyl halides is 3. The van der Waals surface area contributed by atoms with E-state index in [0.717, 1.165) is 6.42 Å². The van der Waals surface area contributed by atoms with Crippen LogP contribution in [0, 0.1) is 5.41 Å². The van der Waals surface area contributed by atoms with Crippen molar-refractivity contribution >= 4 is 11.8 Å². The van der Waals surface area contributed by atoms with E-state index >= 15 is 0 Å². The van der Waals surface area contributed by atoms with Crippen molar-refractivity contribution in [2.75, 3.05) is 26.2 Å². The predicted molar refractivity (Wildman–Crippen MR) is 62.3 cm³/mol. The SMILES string of the molecule is CCCNC(=O)CNC(=O)C1(C(F)(F)F)CCNC1. The molecule has 1 saturated heterocycles. The predicted octanol–water partition coefficient (Wildman–Crippen LogP) is 0.171. The van der Waals surface area contributed by atoms with Crippen LogP contribution >= 0.6 is 0 Å². The zero-order chi connectivity index (χ0) is 14.5. The molecule has 0 aromatic carbocycles. The second kappa shape index (κ2) is 6.23. The van der Waals surface area contributed by atoms with Crippen molar-refractivity contribution in [2.45, 2.75) is 25.9 Å². The van der Waals surface area contributed by atoms with E-state index in [1.807, 2.05) is 6.92 Å². The van der Waals surface area contributed by atoms with E-state index in [4.69, 9.17) is 0 Å². The Kier molecular flexibility index (Phi) is 5.16. The van der Waals surface area contributed by atoms with Crippen molar-refractivity contribution in [3.8, 4) is 0 Å². The monoisotopic (exact) mass is 281 g/mol. The maximum absolute atomic E-state index is 13.0. The van der Waals surface area contributed by atoms with Gasteiger partial charge in [-0.25, -0.2) is 0 Å². The molecule has 0 bridgehead atoms. The van der Waals surface area contributed by atoms with Crippen LogP contribution in [0.25, 0.3) is 0 Å². The van der Waals surface area contributed by atoms with Crippen molar-refractivity contribution in [2.24, 2.45) is 5.41 Å². The summed E-state index contributed by atoms with van der Waals surface area (Å²) in [5, 5.41) is 7.09. The normalized spacial score (nSPS) is 23.2. The minimum atomic E-state index is -4.62. The number of carbonyl (C=O) groups is 2. The molecule has 0 aromatic heterocycles. The Morgan fingerprint density at radius 3 is 2.47 bits per heavy atom. The van der Waals surface area contributed by atoms with Gasteiger partial charge in [0.05, 0.1) is 6.54 Å². The molecule has 19 heavy (non-hydrogen) atoms. The number of hydrogen-bond donors (Lipinski definition) is 3. The standard InChI is InChI=1S/C11H18F3N3O2/c1-2-4-16-8(18)6-17-9(19)10(11(12,13)14)3-5-15-7-10/h15H,2-7H2,1H3,(H,16,18)(H,17,19). The lowest BCUT2D eigenvalue weighted by Gasteiger charge is -2.29. The average Bonchev–Trinajstić information content (AvgIpc) is 2.83. The largest absolute Gasteiger partial charge is 0.404 e. The fraction of sp³-hybridized carbons (Fsp3) is 0.818. The topological polar surface area (TPSA) is 70.2 Å². The molecule has 1 unspecified atom stereocenters. The number of hydrogen-bond acceptors (Lipinski definition) is 3. The van der Waals surface area contributed by atoms with Gasteiger partial charge in [-0.3, -0.25) is 9.59 Å². The van der Waals surface area contributed by atoms with Crippen LogP contribution in [-0.4, -0.2) is 44.2 Å². The van der Waals surface area contributed by atoms with Crippen LogP contribution in [0.4, 0.5) is 13.2 Å². The molecular formula is C11H18F3N3O2. The van der Waals surface area contributed by atoms with Crippen LogP contribution in [0.1, 0.15) is 19.8 Å². The Hall–Kier alpha value is -1.31. The molecule has 5 nitrogen and oxygen atoms in total. The molecule has 1 fully saturated rings. The first-order valence-electron chi connectivity index (χ1n) is 6.16. The molecule has 1 aliphatic rings. The first kappa shape index (κ1) is 15.7. The van der Waals surface area contributed by atoms with Gasteiger partial charge in [-0.2, -0.15) is 13.2 Å². The number of halogens is 3. The second-order valence-electron chi connectivity index (χ2n) is 4.54. The minimum Gasteiger partial charge on any atom is -0.355 e. The van der Waals surface area contributed by atoms with Crippen LogP contribution in [0.5, 0.6) is 0 Å². The van der Waals surface area contributed by atoms with E-state index in [1.54, 1.807) is 0 Å². The fourth-order valence-electron chi connectivity index (χ4n) is 1.91. The molecule has 0 aliphatic carbocycles. The quantitative estimate of drug-likeness (QED) is 0.673. The second-order valence-corrected chi connectivity index (χ2v) is 4.54. The van der Waals surface area contributed by atoms with Gasteiger partial charge in [0, 0.05) is 13.1 Å². The Labute approximate surface area is 109 Å². The molecule has 0 radical (unpaired) electrons. The average molecular weight is 281 g/mol. The third kappa shape index (κ3) is 3.59. The lowest BCUT2D eigenvalue weighted by atomic mass is 9.85. The van der Waals surface area contributed by atoms with Crippen LogP contribution in [0.3, 0.4) is 0 Å². The van der Waals surface area contributed by atoms with Gasteiger partial charge < -0.3 is 16.0 Å². The van der Waals surface area contributed by atoms with Crippen LogP contribution < -0.4 is 16.0 Å². The van der Waals surface area contributed by atoms with Gasteiger partial charge in [-0.05, 0) is 19.4 Å². The van der Waals surface area contributed by atoms with Gasteiger partial charge in [-0.1, -0.05) is 6.92 Å². The highest BCUT2D eigenvalue weighted by atomic mass is 19.4. The van der Waals surface area contributed by atoms with Gasteiger partial charge in [-0.15, -0.1) is 0 Å². The van der Waals surface area contributed by atoms with Gasteiger partial charge in [0.25, 0.3) is 0 Å². The maximum atomic E-state index is 13.0. The fourth-order valence-corrected chi connectivity index (χ4v) is 1.91. The van der Waals surface area contributed by atoms with Gasteiger partial charge in [0.1, 0.15) is 0 Å². The summed E-state index contributed by atoms with van der Waals surface area (Å²) in [6.07, 6.45) is -4.21. The van der Waals surface area contributed by atoms with E-state index in [1.165, 1.54) is 0 Å². The van der Waals surface area contributed by atoms with Crippen molar-refractivity contribution in [3.63, 3.8) is 0 Å². The third-order valence-electron chi connectivity index (χ3n) is 3.11. The molecule has 1 atom stereocenters. The van der Waals surface area contributed by atoms with E-state index in [9.17, 15) is 22.8 Å². The molecule has 3 N–H and O–H groups in total. The molecule has 0 spiro atoms. The number of rotatable bonds is 5. The molecule has 110 valence electrons. The van der Waals surface area contributed by atoms with E-state index in [-0.39, 0.29) is 13.0 Å². The lowest BCUT2D eigenvalue weighted by molar-refractivity contribution is -0.216. The van der Waals surface area contributed by atoms with E-state index in [0.29, 0.717) is 6.54 Å². The van der Waals surface area contributed by atoms with E-state index in [2.05, 4.69) is 16.0 Å². The number of amides is 2. The Balaban J connectivity index is 2.58. The summed E-state index contributed by atoms with van der Waals surface area (Å²) < 4.78 is 39.0. The summed E-state index contributed by atoms with van der Waals surface area (Å²) in [5.74, 6) is -1.63. The Bertz CT molecular complexity index is 339. The third-order valence-corrected chi connectivity index (χ3v) is 3.11. The summed E-state index contributed by atoms with van der Waals surface area (Å²) >= 11 is 0. The molecule has 1 rings (SSSR count). The summed E-state index contributed by atoms with van der Waals surface area (Å²) in [5.41, 5.74) is -2.42. The van der Waals surface area contributed by atoms with Gasteiger partial charge >= 0.3 is 6.18 Å². The highest BCUT2D eigenvalue weighted by molar-refractivity contribution is 5.88. The molecule has 1 heterocycles. The molecule has 1 aliphatic heterocycles. The summed E-state index contributed by atoms with van der Waals surface area (Å²) in [4.78, 5) is 23.0. The van der Waals surface area contributed by atoms with Crippen molar-refractivity contribution in [1.29, 1.82) is 0 Å². The van der Waals surface area contributed by atoms with Crippen molar-refractivity contribution < 1.29 is 22.8 Å². The lowest BCUT2D eigenvalue weighted by Crippen LogP contribution is -2.53. The zero-order valence-electron chi connectivity index (χ0n) is 10.7. The van der Waals surface area contributed by atoms with Crippen LogP contribution in [0.15, 0.2) is 0 Å². The number of carbonyl (C=O) groups excluding carboxylic acids is 2. The first-order valence-corrected chi connectivity index (χ1v) is 6.16. The van der Waals surface area contributed by atoms with Crippen molar-refractivity contribution in [1.82, 2.24) is 16.0 Å². The summed E-state index contributed by atoms with van der Waals surface area (Å²) in [6.45, 7) is 1.53. The van der Waals surface area contributed by atoms with Gasteiger partial charge in [0.15, 0.2) is 5.41 Å². The van der Waals surface area contributed by atoms with E-state index < -0.39 is 36.5 Å². The highest BCUT2D eigenvalue weighted by Gasteiger charge is 2.61. The maximum Gasteiger partial charge on any atom is 0.404 e. The molecule has 8 heteroatoms. The van der Waals surface area contributed by atoms with Crippen LogP contribution in [0.2, 0.25) is 0 Å².